The Kier molecular flexibility index (Phi) is 5.85. The van der Waals surface area contributed by atoms with E-state index in [4.69, 9.17) is 4.74 Å². The number of ether oxygens (including phenoxy) is 1. The van der Waals surface area contributed by atoms with E-state index in [0.29, 0.717) is 17.4 Å². The molecule has 1 aromatic rings. The number of hydrogen-bond donors (Lipinski definition) is 3. The lowest BCUT2D eigenvalue weighted by Crippen LogP contribution is -2.40. The fraction of sp³-hybridized carbons (Fsp3) is 0.636. The van der Waals surface area contributed by atoms with Gasteiger partial charge in [0.15, 0.2) is 0 Å². The number of amides is 2. The largest absolute Gasteiger partial charge is 0.446 e. The summed E-state index contributed by atoms with van der Waals surface area (Å²) in [6.07, 6.45) is 3.92. The van der Waals surface area contributed by atoms with Crippen LogP contribution in [-0.4, -0.2) is 40.5 Å². The molecule has 2 heterocycles. The first kappa shape index (κ1) is 21.5. The molecule has 0 radical (unpaired) electrons. The van der Waals surface area contributed by atoms with Crippen LogP contribution in [-0.2, 0) is 16.0 Å². The van der Waals surface area contributed by atoms with Gasteiger partial charge in [-0.2, -0.15) is 5.10 Å². The minimum absolute atomic E-state index is 0.0118. The van der Waals surface area contributed by atoms with Crippen molar-refractivity contribution < 1.29 is 18.7 Å². The number of hydrogen-bond acceptors (Lipinski definition) is 6. The number of pyridine rings is 1. The molecule has 3 N–H and O–H groups in total. The lowest BCUT2D eigenvalue weighted by molar-refractivity contribution is -0.119. The van der Waals surface area contributed by atoms with Gasteiger partial charge in [0.1, 0.15) is 17.8 Å². The number of halogens is 1. The van der Waals surface area contributed by atoms with Crippen LogP contribution in [0.25, 0.3) is 0 Å². The predicted octanol–water partition coefficient (Wildman–Crippen LogP) is 2.56. The molecule has 2 unspecified atom stereocenters. The third-order valence-corrected chi connectivity index (χ3v) is 6.57. The molecule has 3 aliphatic rings. The quantitative estimate of drug-likeness (QED) is 0.665. The molecule has 2 aliphatic carbocycles. The summed E-state index contributed by atoms with van der Waals surface area (Å²) in [6, 6.07) is 2.95. The number of aryl methyl sites for hydroxylation is 1. The zero-order valence-corrected chi connectivity index (χ0v) is 18.2. The van der Waals surface area contributed by atoms with Crippen molar-refractivity contribution in [1.82, 2.24) is 21.0 Å². The van der Waals surface area contributed by atoms with Crippen molar-refractivity contribution in [1.29, 1.82) is 0 Å². The second-order valence-corrected chi connectivity index (χ2v) is 9.33. The Labute approximate surface area is 181 Å². The van der Waals surface area contributed by atoms with Crippen LogP contribution in [0.4, 0.5) is 9.18 Å². The van der Waals surface area contributed by atoms with Crippen LogP contribution in [0.2, 0.25) is 0 Å². The fourth-order valence-corrected chi connectivity index (χ4v) is 4.39. The molecule has 0 spiro atoms. The smallest absolute Gasteiger partial charge is 0.407 e. The summed E-state index contributed by atoms with van der Waals surface area (Å²) in [4.78, 5) is 28.6. The van der Waals surface area contributed by atoms with Gasteiger partial charge in [-0.1, -0.05) is 6.92 Å². The number of rotatable bonds is 5. The Hall–Kier alpha value is -2.71. The number of alkyl carbamates (subject to hydrolysis) is 1. The molecule has 8 nitrogen and oxygen atoms in total. The minimum atomic E-state index is -0.491. The summed E-state index contributed by atoms with van der Waals surface area (Å²) >= 11 is 0. The molecule has 2 saturated carbocycles. The Morgan fingerprint density at radius 2 is 2.10 bits per heavy atom. The number of aromatic nitrogens is 1. The van der Waals surface area contributed by atoms with Crippen molar-refractivity contribution >= 4 is 17.8 Å². The van der Waals surface area contributed by atoms with E-state index in [1.54, 1.807) is 13.0 Å². The zero-order chi connectivity index (χ0) is 22.2. The number of hydrazone groups is 1. The zero-order valence-electron chi connectivity index (χ0n) is 18.2. The molecule has 4 rings (SSSR count). The van der Waals surface area contributed by atoms with Gasteiger partial charge in [-0.25, -0.2) is 9.18 Å². The highest BCUT2D eigenvalue weighted by molar-refractivity contribution is 6.00. The third kappa shape index (κ3) is 5.14. The monoisotopic (exact) mass is 431 g/mol. The maximum atomic E-state index is 13.9. The predicted molar refractivity (Wildman–Crippen MR) is 113 cm³/mol. The summed E-state index contributed by atoms with van der Waals surface area (Å²) < 4.78 is 19.5. The average Bonchev–Trinajstić information content (AvgIpc) is 3.08. The van der Waals surface area contributed by atoms with Gasteiger partial charge in [0, 0.05) is 17.2 Å². The first-order valence-corrected chi connectivity index (χ1v) is 11.0. The Balaban J connectivity index is 1.25. The van der Waals surface area contributed by atoms with Gasteiger partial charge in [0.05, 0.1) is 18.2 Å². The molecule has 0 aromatic carbocycles. The normalized spacial score (nSPS) is 28.5. The molecule has 0 saturated heterocycles. The molecule has 1 aromatic heterocycles. The van der Waals surface area contributed by atoms with Gasteiger partial charge < -0.3 is 20.8 Å². The molecule has 0 bridgehead atoms. The van der Waals surface area contributed by atoms with Crippen LogP contribution >= 0.6 is 0 Å². The second kappa shape index (κ2) is 8.43. The molecule has 2 amide bonds. The van der Waals surface area contributed by atoms with Crippen molar-refractivity contribution in [2.45, 2.75) is 77.0 Å². The second-order valence-electron chi connectivity index (χ2n) is 9.33. The molecular weight excluding hydrogens is 401 g/mol. The molecule has 9 heteroatoms. The van der Waals surface area contributed by atoms with Crippen molar-refractivity contribution in [2.75, 3.05) is 0 Å². The number of carbonyl (C=O) groups excluding carboxylic acids is 2. The van der Waals surface area contributed by atoms with E-state index >= 15 is 0 Å². The van der Waals surface area contributed by atoms with Gasteiger partial charge in [-0.05, 0) is 64.0 Å². The Morgan fingerprint density at radius 1 is 1.32 bits per heavy atom. The van der Waals surface area contributed by atoms with Gasteiger partial charge in [0.25, 0.3) is 0 Å². The highest BCUT2D eigenvalue weighted by atomic mass is 19.1. The molecule has 2 fully saturated rings. The van der Waals surface area contributed by atoms with Gasteiger partial charge in [0.2, 0.25) is 5.91 Å². The molecule has 31 heavy (non-hydrogen) atoms. The highest BCUT2D eigenvalue weighted by Crippen LogP contribution is 2.36. The molecule has 4 atom stereocenters. The van der Waals surface area contributed by atoms with Crippen LogP contribution in [0.5, 0.6) is 0 Å². The lowest BCUT2D eigenvalue weighted by Gasteiger charge is -2.23. The summed E-state index contributed by atoms with van der Waals surface area (Å²) in [5.41, 5.74) is 3.84. The molecule has 168 valence electrons. The van der Waals surface area contributed by atoms with E-state index in [-0.39, 0.29) is 47.7 Å². The average molecular weight is 432 g/mol. The Morgan fingerprint density at radius 3 is 2.84 bits per heavy atom. The fourth-order valence-electron chi connectivity index (χ4n) is 4.39. The van der Waals surface area contributed by atoms with E-state index in [1.165, 1.54) is 6.07 Å². The SMILES string of the molecule is Cc1ccc(F)c(CC(=O)NC2=NNC([C@H]3CC[C@@H](OC(=O)NC4(C)CC4)C3)C2C)n1. The van der Waals surface area contributed by atoms with Crippen LogP contribution in [0.3, 0.4) is 0 Å². The summed E-state index contributed by atoms with van der Waals surface area (Å²) in [6.45, 7) is 5.78. The van der Waals surface area contributed by atoms with E-state index in [9.17, 15) is 14.0 Å². The maximum absolute atomic E-state index is 13.9. The van der Waals surface area contributed by atoms with Crippen molar-refractivity contribution in [3.63, 3.8) is 0 Å². The van der Waals surface area contributed by atoms with E-state index in [1.807, 2.05) is 13.8 Å². The van der Waals surface area contributed by atoms with Crippen LogP contribution in [0.15, 0.2) is 17.2 Å². The van der Waals surface area contributed by atoms with Crippen molar-refractivity contribution in [3.8, 4) is 0 Å². The van der Waals surface area contributed by atoms with Crippen molar-refractivity contribution in [2.24, 2.45) is 16.9 Å². The first-order chi connectivity index (χ1) is 14.7. The van der Waals surface area contributed by atoms with Gasteiger partial charge in [-0.3, -0.25) is 9.78 Å². The topological polar surface area (TPSA) is 105 Å². The van der Waals surface area contributed by atoms with Gasteiger partial charge in [-0.15, -0.1) is 0 Å². The first-order valence-electron chi connectivity index (χ1n) is 11.0. The minimum Gasteiger partial charge on any atom is -0.446 e. The third-order valence-electron chi connectivity index (χ3n) is 6.57. The van der Waals surface area contributed by atoms with E-state index in [2.05, 4.69) is 26.1 Å². The van der Waals surface area contributed by atoms with Crippen molar-refractivity contribution in [3.05, 3.63) is 29.3 Å². The standard InChI is InChI=1S/C22H30FN5O3/c1-12-4-7-16(23)17(24-12)11-18(29)25-20-13(2)19(27-28-20)14-5-6-15(10-14)31-21(30)26-22(3)8-9-22/h4,7,13-15,19,27H,5-6,8-11H2,1-3H3,(H,26,30)(H,25,28,29)/t13?,14-,15+,19?/m0/s1. The van der Waals surface area contributed by atoms with Crippen LogP contribution in [0, 0.1) is 24.6 Å². The number of amidine groups is 1. The Bertz CT molecular complexity index is 901. The maximum Gasteiger partial charge on any atom is 0.407 e. The molecular formula is C22H30FN5O3. The van der Waals surface area contributed by atoms with E-state index < -0.39 is 5.82 Å². The van der Waals surface area contributed by atoms with Crippen LogP contribution < -0.4 is 16.1 Å². The summed E-state index contributed by atoms with van der Waals surface area (Å²) in [7, 11) is 0. The highest BCUT2D eigenvalue weighted by Gasteiger charge is 2.42. The lowest BCUT2D eigenvalue weighted by atomic mass is 9.88. The van der Waals surface area contributed by atoms with Crippen LogP contribution in [0.1, 0.15) is 57.3 Å². The number of carbonyl (C=O) groups is 2. The van der Waals surface area contributed by atoms with Gasteiger partial charge >= 0.3 is 6.09 Å². The molecule has 1 aliphatic heterocycles. The summed E-state index contributed by atoms with van der Waals surface area (Å²) in [5.74, 6) is -0.00908. The number of nitrogens with zero attached hydrogens (tertiary/aromatic N) is 2. The van der Waals surface area contributed by atoms with E-state index in [0.717, 1.165) is 32.1 Å². The number of nitrogens with one attached hydrogen (secondary N) is 3. The summed E-state index contributed by atoms with van der Waals surface area (Å²) in [5, 5.41) is 10.0.